The number of thiazole rings is 1. The third kappa shape index (κ3) is 2.30. The third-order valence-corrected chi connectivity index (χ3v) is 5.59. The molecule has 0 aliphatic heterocycles. The molecule has 0 fully saturated rings. The van der Waals surface area contributed by atoms with Crippen LogP contribution >= 0.6 is 11.3 Å². The Kier molecular flexibility index (Phi) is 3.46. The number of aromatic amines is 1. The molecule has 0 atom stereocenters. The fourth-order valence-corrected chi connectivity index (χ4v) is 4.17. The van der Waals surface area contributed by atoms with E-state index in [1.54, 1.807) is 19.3 Å². The van der Waals surface area contributed by atoms with Gasteiger partial charge in [0.25, 0.3) is 5.56 Å². The van der Waals surface area contributed by atoms with Gasteiger partial charge in [0.15, 0.2) is 10.7 Å². The van der Waals surface area contributed by atoms with Crippen LogP contribution in [0.25, 0.3) is 21.3 Å². The number of aryl methyl sites for hydroxylation is 1. The SMILES string of the molecule is Cn1c2nc(C(F)(F)n3cccn3)sc2c2cnn(Cc3ccn[nH]3)c(=O)c21. The Hall–Kier alpha value is -3.41. The van der Waals surface area contributed by atoms with E-state index in [1.165, 1.54) is 33.9 Å². The van der Waals surface area contributed by atoms with Gasteiger partial charge in [0.1, 0.15) is 5.52 Å². The smallest absolute Gasteiger partial charge is 0.323 e. The molecule has 12 heteroatoms. The molecule has 0 amide bonds. The second kappa shape index (κ2) is 5.79. The molecule has 1 N–H and O–H groups in total. The maximum atomic E-state index is 14.7. The van der Waals surface area contributed by atoms with Crippen LogP contribution in [0.4, 0.5) is 8.78 Å². The summed E-state index contributed by atoms with van der Waals surface area (Å²) in [7, 11) is 1.63. The molecule has 0 unspecified atom stereocenters. The molecule has 9 nitrogen and oxygen atoms in total. The lowest BCUT2D eigenvalue weighted by molar-refractivity contribution is -0.0482. The summed E-state index contributed by atoms with van der Waals surface area (Å²) < 4.78 is 33.2. The van der Waals surface area contributed by atoms with E-state index in [1.807, 2.05) is 0 Å². The number of hydrogen-bond donors (Lipinski definition) is 1. The summed E-state index contributed by atoms with van der Waals surface area (Å²) in [4.78, 5) is 17.0. The molecule has 0 saturated heterocycles. The zero-order valence-corrected chi connectivity index (χ0v) is 15.2. The van der Waals surface area contributed by atoms with E-state index >= 15 is 0 Å². The number of hydrogen-bond acceptors (Lipinski definition) is 6. The molecule has 5 aromatic heterocycles. The van der Waals surface area contributed by atoms with Gasteiger partial charge in [-0.3, -0.25) is 9.89 Å². The fraction of sp³-hybridized carbons (Fsp3) is 0.188. The standard InChI is InChI=1S/C16H12F2N8OS/c1-24-11-10(7-21-25(14(11)27)8-9-3-5-19-23-9)12-13(24)22-15(28-12)16(17,18)26-6-2-4-20-26/h2-7H,8H2,1H3,(H,19,23). The number of fused-ring (bicyclic) bond motifs is 3. The summed E-state index contributed by atoms with van der Waals surface area (Å²) >= 11 is 0.826. The Labute approximate surface area is 158 Å². The lowest BCUT2D eigenvalue weighted by Crippen LogP contribution is -2.25. The number of aromatic nitrogens is 8. The van der Waals surface area contributed by atoms with E-state index in [-0.39, 0.29) is 12.1 Å². The Balaban J connectivity index is 1.67. The summed E-state index contributed by atoms with van der Waals surface area (Å²) in [6.07, 6.45) is 5.55. The van der Waals surface area contributed by atoms with Crippen LogP contribution in [0.2, 0.25) is 0 Å². The van der Waals surface area contributed by atoms with Gasteiger partial charge in [-0.15, -0.1) is 11.3 Å². The maximum absolute atomic E-state index is 14.7. The van der Waals surface area contributed by atoms with Crippen molar-refractivity contribution in [2.24, 2.45) is 7.05 Å². The fourth-order valence-electron chi connectivity index (χ4n) is 3.10. The zero-order chi connectivity index (χ0) is 19.5. The van der Waals surface area contributed by atoms with E-state index < -0.39 is 11.1 Å². The molecule has 0 aliphatic rings. The molecule has 28 heavy (non-hydrogen) atoms. The summed E-state index contributed by atoms with van der Waals surface area (Å²) in [5, 5.41) is 14.5. The highest BCUT2D eigenvalue weighted by atomic mass is 32.1. The number of rotatable bonds is 4. The first kappa shape index (κ1) is 16.7. The van der Waals surface area contributed by atoms with Crippen LogP contribution in [-0.2, 0) is 19.6 Å². The van der Waals surface area contributed by atoms with Gasteiger partial charge in [0.05, 0.1) is 23.1 Å². The van der Waals surface area contributed by atoms with Crippen molar-refractivity contribution in [3.63, 3.8) is 0 Å². The molecule has 0 saturated carbocycles. The van der Waals surface area contributed by atoms with Crippen LogP contribution in [-0.4, -0.2) is 39.3 Å². The van der Waals surface area contributed by atoms with Gasteiger partial charge in [0, 0.05) is 31.0 Å². The van der Waals surface area contributed by atoms with Crippen LogP contribution < -0.4 is 5.56 Å². The van der Waals surface area contributed by atoms with Crippen molar-refractivity contribution in [2.75, 3.05) is 0 Å². The normalized spacial score (nSPS) is 12.4. The van der Waals surface area contributed by atoms with Crippen LogP contribution in [0.3, 0.4) is 0 Å². The van der Waals surface area contributed by atoms with E-state index in [9.17, 15) is 13.6 Å². The average molecular weight is 402 g/mol. The second-order valence-corrected chi connectivity index (χ2v) is 7.17. The van der Waals surface area contributed by atoms with Crippen LogP contribution in [0.1, 0.15) is 10.7 Å². The van der Waals surface area contributed by atoms with E-state index in [0.717, 1.165) is 17.0 Å². The number of H-pyrrole nitrogens is 1. The van der Waals surface area contributed by atoms with Crippen LogP contribution in [0.15, 0.2) is 41.7 Å². The third-order valence-electron chi connectivity index (χ3n) is 4.45. The second-order valence-electron chi connectivity index (χ2n) is 6.17. The first-order chi connectivity index (χ1) is 13.5. The molecule has 0 bridgehead atoms. The minimum atomic E-state index is -3.39. The topological polar surface area (TPSA) is 99.2 Å². The molecule has 0 aliphatic carbocycles. The highest BCUT2D eigenvalue weighted by Gasteiger charge is 2.39. The Morgan fingerprint density at radius 3 is 2.86 bits per heavy atom. The summed E-state index contributed by atoms with van der Waals surface area (Å²) in [6.45, 7) is 0.226. The lowest BCUT2D eigenvalue weighted by atomic mass is 10.3. The molecular weight excluding hydrogens is 390 g/mol. The maximum Gasteiger partial charge on any atom is 0.396 e. The molecule has 0 aromatic carbocycles. The number of nitrogens with one attached hydrogen (secondary N) is 1. The molecule has 0 radical (unpaired) electrons. The molecule has 142 valence electrons. The van der Waals surface area contributed by atoms with Gasteiger partial charge in [-0.05, 0) is 12.1 Å². The average Bonchev–Trinajstić information content (AvgIpc) is 3.44. The molecule has 5 aromatic rings. The summed E-state index contributed by atoms with van der Waals surface area (Å²) in [5.74, 6) is 0. The number of nitrogens with zero attached hydrogens (tertiary/aromatic N) is 7. The Morgan fingerprint density at radius 2 is 2.14 bits per heavy atom. The minimum absolute atomic E-state index is 0.226. The molecule has 5 heterocycles. The summed E-state index contributed by atoms with van der Waals surface area (Å²) in [6, 6.07) is -0.224. The Bertz CT molecular complexity index is 1350. The monoisotopic (exact) mass is 402 g/mol. The van der Waals surface area contributed by atoms with Crippen molar-refractivity contribution < 1.29 is 8.78 Å². The quantitative estimate of drug-likeness (QED) is 0.495. The number of halogens is 2. The number of alkyl halides is 2. The van der Waals surface area contributed by atoms with Crippen molar-refractivity contribution in [2.45, 2.75) is 12.6 Å². The van der Waals surface area contributed by atoms with E-state index in [2.05, 4.69) is 25.4 Å². The molecule has 0 spiro atoms. The van der Waals surface area contributed by atoms with Crippen molar-refractivity contribution >= 4 is 32.6 Å². The lowest BCUT2D eigenvalue weighted by Gasteiger charge is -2.13. The van der Waals surface area contributed by atoms with Crippen molar-refractivity contribution in [1.82, 2.24) is 39.3 Å². The van der Waals surface area contributed by atoms with Crippen molar-refractivity contribution in [3.8, 4) is 0 Å². The predicted octanol–water partition coefficient (Wildman–Crippen LogP) is 1.91. The van der Waals surface area contributed by atoms with Crippen LogP contribution in [0, 0.1) is 0 Å². The minimum Gasteiger partial charge on any atom is -0.323 e. The molecule has 5 rings (SSSR count). The highest BCUT2D eigenvalue weighted by molar-refractivity contribution is 7.19. The van der Waals surface area contributed by atoms with Crippen LogP contribution in [0.5, 0.6) is 0 Å². The summed E-state index contributed by atoms with van der Waals surface area (Å²) in [5.41, 5.74) is 1.06. The van der Waals surface area contributed by atoms with E-state index in [4.69, 9.17) is 0 Å². The Morgan fingerprint density at radius 1 is 1.29 bits per heavy atom. The van der Waals surface area contributed by atoms with Gasteiger partial charge in [0.2, 0.25) is 0 Å². The van der Waals surface area contributed by atoms with Gasteiger partial charge >= 0.3 is 6.05 Å². The largest absolute Gasteiger partial charge is 0.396 e. The van der Waals surface area contributed by atoms with Crippen molar-refractivity contribution in [3.05, 3.63) is 58.0 Å². The van der Waals surface area contributed by atoms with Crippen molar-refractivity contribution in [1.29, 1.82) is 0 Å². The highest BCUT2D eigenvalue weighted by Crippen LogP contribution is 2.38. The van der Waals surface area contributed by atoms with Gasteiger partial charge in [-0.25, -0.2) is 14.3 Å². The first-order valence-corrected chi connectivity index (χ1v) is 9.00. The zero-order valence-electron chi connectivity index (χ0n) is 14.4. The van der Waals surface area contributed by atoms with E-state index in [0.29, 0.717) is 25.9 Å². The predicted molar refractivity (Wildman–Crippen MR) is 97.4 cm³/mol. The molecular formula is C16H12F2N8OS. The van der Waals surface area contributed by atoms with Gasteiger partial charge < -0.3 is 4.57 Å². The first-order valence-electron chi connectivity index (χ1n) is 8.18. The van der Waals surface area contributed by atoms with Gasteiger partial charge in [-0.2, -0.15) is 24.1 Å². The van der Waals surface area contributed by atoms with Gasteiger partial charge in [-0.1, -0.05) is 0 Å².